The first-order valence-electron chi connectivity index (χ1n) is 7.87. The number of hydrogen-bond donors (Lipinski definition) is 0. The van der Waals surface area contributed by atoms with Crippen LogP contribution in [0.1, 0.15) is 56.4 Å². The second-order valence-corrected chi connectivity index (χ2v) is 6.83. The van der Waals surface area contributed by atoms with Crippen LogP contribution < -0.4 is 0 Å². The highest BCUT2D eigenvalue weighted by molar-refractivity contribution is 7.10. The number of nitrogens with zero attached hydrogens (tertiary/aromatic N) is 1. The standard InChI is InChI=1S/C18H23NS/c1-2-6-14-9-11-16(12-10-14)18-19-17(13-20-18)15-7-4-3-5-8-15/h3-5,7-8,13-14,16H,2,6,9-12H2,1H3. The van der Waals surface area contributed by atoms with Crippen molar-refractivity contribution < 1.29 is 0 Å². The fraction of sp³-hybridized carbons (Fsp3) is 0.500. The minimum atomic E-state index is 0.713. The van der Waals surface area contributed by atoms with E-state index in [1.807, 2.05) is 11.3 Å². The summed E-state index contributed by atoms with van der Waals surface area (Å²) in [5.41, 5.74) is 2.40. The second kappa shape index (κ2) is 6.53. The van der Waals surface area contributed by atoms with Crippen LogP contribution in [0.4, 0.5) is 0 Å². The van der Waals surface area contributed by atoms with Crippen LogP contribution in [-0.4, -0.2) is 4.98 Å². The third-order valence-electron chi connectivity index (χ3n) is 4.48. The maximum Gasteiger partial charge on any atom is 0.0963 e. The summed E-state index contributed by atoms with van der Waals surface area (Å²) in [6, 6.07) is 10.5. The second-order valence-electron chi connectivity index (χ2n) is 5.94. The molecule has 0 bridgehead atoms. The topological polar surface area (TPSA) is 12.9 Å². The van der Waals surface area contributed by atoms with Crippen molar-refractivity contribution in [1.82, 2.24) is 4.98 Å². The normalized spacial score (nSPS) is 22.9. The molecule has 0 unspecified atom stereocenters. The Kier molecular flexibility index (Phi) is 4.51. The van der Waals surface area contributed by atoms with Crippen LogP contribution >= 0.6 is 11.3 Å². The van der Waals surface area contributed by atoms with E-state index in [-0.39, 0.29) is 0 Å². The van der Waals surface area contributed by atoms with Gasteiger partial charge in [0.1, 0.15) is 0 Å². The van der Waals surface area contributed by atoms with E-state index < -0.39 is 0 Å². The summed E-state index contributed by atoms with van der Waals surface area (Å²) in [5, 5.41) is 3.58. The lowest BCUT2D eigenvalue weighted by Gasteiger charge is -2.26. The Bertz CT molecular complexity index is 523. The first-order valence-corrected chi connectivity index (χ1v) is 8.75. The molecule has 1 saturated carbocycles. The van der Waals surface area contributed by atoms with Gasteiger partial charge in [-0.15, -0.1) is 11.3 Å². The Morgan fingerprint density at radius 2 is 1.85 bits per heavy atom. The van der Waals surface area contributed by atoms with Gasteiger partial charge in [0.2, 0.25) is 0 Å². The summed E-state index contributed by atoms with van der Waals surface area (Å²) in [6.45, 7) is 2.30. The minimum absolute atomic E-state index is 0.713. The quantitative estimate of drug-likeness (QED) is 0.683. The monoisotopic (exact) mass is 285 g/mol. The molecule has 1 heterocycles. The van der Waals surface area contributed by atoms with Gasteiger partial charge in [-0.05, 0) is 31.6 Å². The van der Waals surface area contributed by atoms with Gasteiger partial charge in [-0.1, -0.05) is 50.1 Å². The van der Waals surface area contributed by atoms with Crippen LogP contribution in [0, 0.1) is 5.92 Å². The Morgan fingerprint density at radius 1 is 1.10 bits per heavy atom. The molecule has 2 aromatic rings. The summed E-state index contributed by atoms with van der Waals surface area (Å²) in [7, 11) is 0. The third-order valence-corrected chi connectivity index (χ3v) is 5.49. The molecule has 1 aromatic heterocycles. The summed E-state index contributed by atoms with van der Waals surface area (Å²) in [6.07, 6.45) is 8.24. The lowest BCUT2D eigenvalue weighted by Crippen LogP contribution is -2.13. The van der Waals surface area contributed by atoms with E-state index >= 15 is 0 Å². The Hall–Kier alpha value is -1.15. The van der Waals surface area contributed by atoms with E-state index in [9.17, 15) is 0 Å². The highest BCUT2D eigenvalue weighted by Crippen LogP contribution is 2.39. The highest BCUT2D eigenvalue weighted by atomic mass is 32.1. The van der Waals surface area contributed by atoms with Crippen molar-refractivity contribution in [2.75, 3.05) is 0 Å². The maximum atomic E-state index is 4.89. The molecule has 20 heavy (non-hydrogen) atoms. The summed E-state index contributed by atoms with van der Waals surface area (Å²) in [4.78, 5) is 4.89. The maximum absolute atomic E-state index is 4.89. The summed E-state index contributed by atoms with van der Waals surface area (Å²) < 4.78 is 0. The molecule has 1 aromatic carbocycles. The van der Waals surface area contributed by atoms with Crippen LogP contribution in [0.5, 0.6) is 0 Å². The van der Waals surface area contributed by atoms with Gasteiger partial charge in [-0.3, -0.25) is 0 Å². The number of hydrogen-bond acceptors (Lipinski definition) is 2. The first-order chi connectivity index (χ1) is 9.86. The van der Waals surface area contributed by atoms with Crippen molar-refractivity contribution in [3.8, 4) is 11.3 Å². The van der Waals surface area contributed by atoms with E-state index in [1.165, 1.54) is 49.1 Å². The molecule has 1 nitrogen and oxygen atoms in total. The third kappa shape index (κ3) is 3.12. The van der Waals surface area contributed by atoms with Crippen LogP contribution in [0.2, 0.25) is 0 Å². The van der Waals surface area contributed by atoms with Gasteiger partial charge in [-0.25, -0.2) is 4.98 Å². The van der Waals surface area contributed by atoms with Gasteiger partial charge >= 0.3 is 0 Å². The number of rotatable bonds is 4. The van der Waals surface area contributed by atoms with Gasteiger partial charge in [0.05, 0.1) is 10.7 Å². The molecule has 0 atom stereocenters. The zero-order valence-electron chi connectivity index (χ0n) is 12.2. The molecule has 0 spiro atoms. The van der Waals surface area contributed by atoms with Crippen molar-refractivity contribution in [2.24, 2.45) is 5.92 Å². The molecule has 0 amide bonds. The molecular weight excluding hydrogens is 262 g/mol. The van der Waals surface area contributed by atoms with Crippen LogP contribution in [0.15, 0.2) is 35.7 Å². The van der Waals surface area contributed by atoms with Gasteiger partial charge < -0.3 is 0 Å². The smallest absolute Gasteiger partial charge is 0.0963 e. The average Bonchev–Trinajstić information content (AvgIpc) is 2.99. The average molecular weight is 285 g/mol. The van der Waals surface area contributed by atoms with E-state index in [4.69, 9.17) is 4.98 Å². The predicted molar refractivity (Wildman–Crippen MR) is 87.2 cm³/mol. The predicted octanol–water partition coefficient (Wildman–Crippen LogP) is 5.88. The first kappa shape index (κ1) is 13.8. The number of benzene rings is 1. The van der Waals surface area contributed by atoms with E-state index in [2.05, 4.69) is 42.6 Å². The van der Waals surface area contributed by atoms with Crippen LogP contribution in [0.25, 0.3) is 11.3 Å². The number of thiazole rings is 1. The lowest BCUT2D eigenvalue weighted by molar-refractivity contribution is 0.308. The van der Waals surface area contributed by atoms with E-state index in [0.717, 1.165) is 11.6 Å². The lowest BCUT2D eigenvalue weighted by atomic mass is 9.80. The van der Waals surface area contributed by atoms with Crippen molar-refractivity contribution in [3.05, 3.63) is 40.7 Å². The van der Waals surface area contributed by atoms with E-state index in [1.54, 1.807) is 0 Å². The Labute approximate surface area is 126 Å². The molecule has 0 radical (unpaired) electrons. The highest BCUT2D eigenvalue weighted by Gasteiger charge is 2.24. The molecule has 0 N–H and O–H groups in total. The van der Waals surface area contributed by atoms with Crippen LogP contribution in [0.3, 0.4) is 0 Å². The molecule has 106 valence electrons. The molecule has 0 saturated heterocycles. The Balaban J connectivity index is 1.66. The number of aromatic nitrogens is 1. The molecule has 2 heteroatoms. The van der Waals surface area contributed by atoms with Crippen LogP contribution in [-0.2, 0) is 0 Å². The molecule has 1 fully saturated rings. The largest absolute Gasteiger partial charge is 0.241 e. The molecule has 3 rings (SSSR count). The summed E-state index contributed by atoms with van der Waals surface area (Å²) in [5.74, 6) is 1.69. The van der Waals surface area contributed by atoms with Crippen molar-refractivity contribution in [3.63, 3.8) is 0 Å². The van der Waals surface area contributed by atoms with E-state index in [0.29, 0.717) is 5.92 Å². The van der Waals surface area contributed by atoms with Crippen molar-refractivity contribution in [1.29, 1.82) is 0 Å². The fourth-order valence-corrected chi connectivity index (χ4v) is 4.32. The molecule has 0 aliphatic heterocycles. The molecule has 1 aliphatic carbocycles. The van der Waals surface area contributed by atoms with Crippen molar-refractivity contribution >= 4 is 11.3 Å². The van der Waals surface area contributed by atoms with Gasteiger partial charge in [0.15, 0.2) is 0 Å². The van der Waals surface area contributed by atoms with Gasteiger partial charge in [-0.2, -0.15) is 0 Å². The summed E-state index contributed by atoms with van der Waals surface area (Å²) >= 11 is 1.85. The zero-order chi connectivity index (χ0) is 13.8. The molecular formula is C18H23NS. The van der Waals surface area contributed by atoms with Gasteiger partial charge in [0.25, 0.3) is 0 Å². The van der Waals surface area contributed by atoms with Gasteiger partial charge in [0, 0.05) is 16.9 Å². The zero-order valence-corrected chi connectivity index (χ0v) is 13.0. The SMILES string of the molecule is CCCC1CCC(c2nc(-c3ccccc3)cs2)CC1. The fourth-order valence-electron chi connectivity index (χ4n) is 3.32. The minimum Gasteiger partial charge on any atom is -0.241 e. The molecule has 1 aliphatic rings. The Morgan fingerprint density at radius 3 is 2.55 bits per heavy atom. The van der Waals surface area contributed by atoms with Crippen molar-refractivity contribution in [2.45, 2.75) is 51.4 Å².